The molecule has 2 rings (SSSR count). The van der Waals surface area contributed by atoms with Crippen LogP contribution < -0.4 is 10.6 Å². The van der Waals surface area contributed by atoms with Gasteiger partial charge in [0.2, 0.25) is 0 Å². The van der Waals surface area contributed by atoms with Crippen molar-refractivity contribution in [3.8, 4) is 0 Å². The Labute approximate surface area is 120 Å². The average molecular weight is 272 g/mol. The molecule has 106 valence electrons. The van der Waals surface area contributed by atoms with Gasteiger partial charge in [0.1, 0.15) is 5.82 Å². The van der Waals surface area contributed by atoms with Crippen molar-refractivity contribution >= 4 is 11.4 Å². The van der Waals surface area contributed by atoms with Crippen LogP contribution in [0, 0.1) is 5.82 Å². The molecule has 0 heterocycles. The van der Waals surface area contributed by atoms with Crippen LogP contribution in [0.15, 0.2) is 42.5 Å². The van der Waals surface area contributed by atoms with Crippen molar-refractivity contribution < 1.29 is 4.39 Å². The van der Waals surface area contributed by atoms with Gasteiger partial charge < -0.3 is 10.6 Å². The van der Waals surface area contributed by atoms with E-state index < -0.39 is 0 Å². The number of benzene rings is 2. The summed E-state index contributed by atoms with van der Waals surface area (Å²) in [6.07, 6.45) is 0.995. The first-order valence-electron chi connectivity index (χ1n) is 6.91. The Bertz CT molecular complexity index is 576. The highest BCUT2D eigenvalue weighted by Crippen LogP contribution is 2.32. The van der Waals surface area contributed by atoms with Crippen molar-refractivity contribution in [1.82, 2.24) is 0 Å². The van der Waals surface area contributed by atoms with Gasteiger partial charge in [0.25, 0.3) is 0 Å². The van der Waals surface area contributed by atoms with Crippen LogP contribution >= 0.6 is 0 Å². The lowest BCUT2D eigenvalue weighted by atomic mass is 10.0. The fraction of sp³-hybridized carbons (Fsp3) is 0.294. The van der Waals surface area contributed by atoms with Crippen LogP contribution in [0.4, 0.5) is 15.8 Å². The third-order valence-electron chi connectivity index (χ3n) is 3.58. The van der Waals surface area contributed by atoms with Gasteiger partial charge in [0.05, 0.1) is 5.69 Å². The molecule has 2 aromatic rings. The average Bonchev–Trinajstić information content (AvgIpc) is 2.46. The summed E-state index contributed by atoms with van der Waals surface area (Å²) in [6, 6.07) is 13.0. The van der Waals surface area contributed by atoms with Crippen molar-refractivity contribution in [1.29, 1.82) is 0 Å². The van der Waals surface area contributed by atoms with E-state index in [1.807, 2.05) is 37.1 Å². The molecule has 2 nitrogen and oxygen atoms in total. The van der Waals surface area contributed by atoms with Crippen LogP contribution in [0.1, 0.15) is 31.0 Å². The van der Waals surface area contributed by atoms with Crippen molar-refractivity contribution in [3.63, 3.8) is 0 Å². The molecule has 0 spiro atoms. The fourth-order valence-electron chi connectivity index (χ4n) is 2.34. The highest BCUT2D eigenvalue weighted by molar-refractivity contribution is 5.67. The summed E-state index contributed by atoms with van der Waals surface area (Å²) >= 11 is 0. The molecule has 2 N–H and O–H groups in total. The molecule has 20 heavy (non-hydrogen) atoms. The van der Waals surface area contributed by atoms with E-state index in [-0.39, 0.29) is 11.9 Å². The van der Waals surface area contributed by atoms with Crippen LogP contribution in [0.3, 0.4) is 0 Å². The van der Waals surface area contributed by atoms with Crippen LogP contribution in [0.25, 0.3) is 0 Å². The van der Waals surface area contributed by atoms with Crippen molar-refractivity contribution in [2.24, 2.45) is 5.73 Å². The van der Waals surface area contributed by atoms with E-state index in [1.165, 1.54) is 11.6 Å². The predicted octanol–water partition coefficient (Wildman–Crippen LogP) is 4.18. The minimum absolute atomic E-state index is 0.210. The van der Waals surface area contributed by atoms with Gasteiger partial charge in [0.15, 0.2) is 0 Å². The Morgan fingerprint density at radius 1 is 1.15 bits per heavy atom. The standard InChI is InChI=1S/C17H21FN2/c1-4-13-8-10-14(11-9-13)20(3)17-15(12(2)19)6-5-7-16(17)18/h5-12H,4,19H2,1-3H3/t12-/m0/s1. The molecule has 2 aromatic carbocycles. The predicted molar refractivity (Wildman–Crippen MR) is 82.9 cm³/mol. The lowest BCUT2D eigenvalue weighted by Gasteiger charge is -2.24. The zero-order chi connectivity index (χ0) is 14.7. The number of para-hydroxylation sites is 1. The van der Waals surface area contributed by atoms with Gasteiger partial charge >= 0.3 is 0 Å². The molecule has 0 radical (unpaired) electrons. The number of nitrogens with two attached hydrogens (primary N) is 1. The number of hydrogen-bond donors (Lipinski definition) is 1. The van der Waals surface area contributed by atoms with Crippen LogP contribution in [-0.4, -0.2) is 7.05 Å². The highest BCUT2D eigenvalue weighted by Gasteiger charge is 2.16. The number of anilines is 2. The number of rotatable bonds is 4. The zero-order valence-corrected chi connectivity index (χ0v) is 12.2. The third-order valence-corrected chi connectivity index (χ3v) is 3.58. The first kappa shape index (κ1) is 14.5. The van der Waals surface area contributed by atoms with E-state index in [4.69, 9.17) is 5.73 Å². The lowest BCUT2D eigenvalue weighted by molar-refractivity contribution is 0.622. The molecule has 0 amide bonds. The van der Waals surface area contributed by atoms with E-state index in [2.05, 4.69) is 19.1 Å². The molecule has 0 aliphatic heterocycles. The second-order valence-corrected chi connectivity index (χ2v) is 5.05. The molecule has 0 aromatic heterocycles. The number of hydrogen-bond acceptors (Lipinski definition) is 2. The summed E-state index contributed by atoms with van der Waals surface area (Å²) in [4.78, 5) is 1.85. The van der Waals surface area contributed by atoms with Gasteiger partial charge in [-0.25, -0.2) is 4.39 Å². The summed E-state index contributed by atoms with van der Waals surface area (Å²) in [5, 5.41) is 0. The first-order valence-corrected chi connectivity index (χ1v) is 6.91. The fourth-order valence-corrected chi connectivity index (χ4v) is 2.34. The van der Waals surface area contributed by atoms with E-state index in [1.54, 1.807) is 6.07 Å². The van der Waals surface area contributed by atoms with Gasteiger partial charge in [-0.3, -0.25) is 0 Å². The van der Waals surface area contributed by atoms with Crippen molar-refractivity contribution in [2.75, 3.05) is 11.9 Å². The number of halogens is 1. The van der Waals surface area contributed by atoms with Crippen molar-refractivity contribution in [2.45, 2.75) is 26.3 Å². The monoisotopic (exact) mass is 272 g/mol. The Balaban J connectivity index is 2.44. The Kier molecular flexibility index (Phi) is 4.40. The summed E-state index contributed by atoms with van der Waals surface area (Å²) in [5.74, 6) is -0.248. The van der Waals surface area contributed by atoms with Crippen molar-refractivity contribution in [3.05, 3.63) is 59.4 Å². The third kappa shape index (κ3) is 2.83. The molecule has 0 saturated heterocycles. The minimum atomic E-state index is -0.248. The maximum absolute atomic E-state index is 14.2. The molecule has 0 bridgehead atoms. The molecule has 0 saturated carbocycles. The van der Waals surface area contributed by atoms with Gasteiger partial charge in [-0.15, -0.1) is 0 Å². The molecule has 0 unspecified atom stereocenters. The SMILES string of the molecule is CCc1ccc(N(C)c2c(F)cccc2[C@H](C)N)cc1. The maximum atomic E-state index is 14.2. The molecular weight excluding hydrogens is 251 g/mol. The number of aryl methyl sites for hydroxylation is 1. The lowest BCUT2D eigenvalue weighted by Crippen LogP contribution is -2.17. The molecule has 0 aliphatic rings. The molecule has 3 heteroatoms. The Hall–Kier alpha value is -1.87. The summed E-state index contributed by atoms with van der Waals surface area (Å²) in [6.45, 7) is 3.98. The quantitative estimate of drug-likeness (QED) is 0.905. The van der Waals surface area contributed by atoms with Crippen LogP contribution in [0.5, 0.6) is 0 Å². The molecule has 0 fully saturated rings. The largest absolute Gasteiger partial charge is 0.342 e. The second-order valence-electron chi connectivity index (χ2n) is 5.05. The van der Waals surface area contributed by atoms with E-state index in [9.17, 15) is 4.39 Å². The zero-order valence-electron chi connectivity index (χ0n) is 12.2. The van der Waals surface area contributed by atoms with Gasteiger partial charge in [-0.05, 0) is 42.7 Å². The molecular formula is C17H21FN2. The second kappa shape index (κ2) is 6.06. The number of nitrogens with zero attached hydrogens (tertiary/aromatic N) is 1. The first-order chi connectivity index (χ1) is 9.54. The van der Waals surface area contributed by atoms with Gasteiger partial charge in [-0.2, -0.15) is 0 Å². The Morgan fingerprint density at radius 3 is 2.35 bits per heavy atom. The highest BCUT2D eigenvalue weighted by atomic mass is 19.1. The maximum Gasteiger partial charge on any atom is 0.147 e. The molecule has 0 aliphatic carbocycles. The van der Waals surface area contributed by atoms with Crippen LogP contribution in [-0.2, 0) is 6.42 Å². The van der Waals surface area contributed by atoms with Crippen LogP contribution in [0.2, 0.25) is 0 Å². The van der Waals surface area contributed by atoms with Gasteiger partial charge in [-0.1, -0.05) is 31.2 Å². The summed E-state index contributed by atoms with van der Waals surface area (Å²) in [7, 11) is 1.87. The molecule has 1 atom stereocenters. The van der Waals surface area contributed by atoms with E-state index >= 15 is 0 Å². The topological polar surface area (TPSA) is 29.3 Å². The van der Waals surface area contributed by atoms with E-state index in [0.29, 0.717) is 5.69 Å². The minimum Gasteiger partial charge on any atom is -0.342 e. The van der Waals surface area contributed by atoms with Gasteiger partial charge in [0, 0.05) is 18.8 Å². The normalized spacial score (nSPS) is 12.2. The summed E-state index contributed by atoms with van der Waals surface area (Å²) < 4.78 is 14.2. The Morgan fingerprint density at radius 2 is 1.80 bits per heavy atom. The van der Waals surface area contributed by atoms with E-state index in [0.717, 1.165) is 17.7 Å². The summed E-state index contributed by atoms with van der Waals surface area (Å²) in [5.41, 5.74) is 9.53. The smallest absolute Gasteiger partial charge is 0.147 e.